The maximum Gasteiger partial charge on any atom is 0.219 e. The quantitative estimate of drug-likeness (QED) is 0.637. The first-order valence-corrected chi connectivity index (χ1v) is 10.4. The summed E-state index contributed by atoms with van der Waals surface area (Å²) in [5, 5.41) is 10.5. The number of aryl methyl sites for hydroxylation is 1. The monoisotopic (exact) mass is 464 g/mol. The lowest BCUT2D eigenvalue weighted by molar-refractivity contribution is -0.129. The zero-order valence-electron chi connectivity index (χ0n) is 17.7. The van der Waals surface area contributed by atoms with E-state index in [9.17, 15) is 9.90 Å². The Morgan fingerprint density at radius 1 is 1.16 bits per heavy atom. The minimum Gasteiger partial charge on any atom is -0.394 e. The van der Waals surface area contributed by atoms with Gasteiger partial charge in [0.1, 0.15) is 11.6 Å². The van der Waals surface area contributed by atoms with Crippen LogP contribution in [0.1, 0.15) is 25.7 Å². The number of benzene rings is 1. The maximum absolute atomic E-state index is 11.7. The van der Waals surface area contributed by atoms with Crippen LogP contribution in [0.3, 0.4) is 0 Å². The normalized spacial score (nSPS) is 15.1. The zero-order chi connectivity index (χ0) is 21.4. The molecule has 1 unspecified atom stereocenters. The molecule has 1 aromatic carbocycles. The number of rotatable bonds is 4. The van der Waals surface area contributed by atoms with Crippen molar-refractivity contribution in [3.8, 4) is 11.4 Å². The van der Waals surface area contributed by atoms with E-state index < -0.39 is 0 Å². The number of piperazine rings is 1. The second-order valence-electron chi connectivity index (χ2n) is 7.58. The first-order valence-electron chi connectivity index (χ1n) is 10.0. The molecule has 1 saturated heterocycles. The molecule has 1 N–H and O–H groups in total. The van der Waals surface area contributed by atoms with Crippen LogP contribution in [0.5, 0.6) is 0 Å². The van der Waals surface area contributed by atoms with Gasteiger partial charge in [0, 0.05) is 38.7 Å². The largest absolute Gasteiger partial charge is 0.394 e. The van der Waals surface area contributed by atoms with Crippen molar-refractivity contribution in [1.82, 2.24) is 24.4 Å². The molecular formula is C21H26Cl2N6O2. The number of aliphatic hydroxyl groups excluding tert-OH is 1. The topological polar surface area (TPSA) is 87.4 Å². The number of imidazole rings is 1. The van der Waals surface area contributed by atoms with Gasteiger partial charge >= 0.3 is 0 Å². The molecule has 0 saturated carbocycles. The third kappa shape index (κ3) is 4.33. The standard InChI is InChI=1S/C21H25ClN6O2.ClH/c1-13(12-29)28-19(16-6-4-5-7-17(16)22)25-18-20(23-14(2)24-21(18)28)27-10-8-26(9-11-27)15(3)30;/h4-7,13,29H,8-12H2,1-3H3;1H. The molecule has 1 fully saturated rings. The average Bonchev–Trinajstić information content (AvgIpc) is 3.12. The third-order valence-corrected chi connectivity index (χ3v) is 5.81. The summed E-state index contributed by atoms with van der Waals surface area (Å²) in [6.07, 6.45) is 0. The second kappa shape index (κ2) is 9.38. The molecule has 1 aliphatic rings. The molecule has 0 aliphatic carbocycles. The second-order valence-corrected chi connectivity index (χ2v) is 7.98. The first-order chi connectivity index (χ1) is 14.4. The number of nitrogens with zero attached hydrogens (tertiary/aromatic N) is 6. The van der Waals surface area contributed by atoms with Crippen molar-refractivity contribution in [3.63, 3.8) is 0 Å². The number of hydrogen-bond acceptors (Lipinski definition) is 6. The van der Waals surface area contributed by atoms with Crippen LogP contribution in [0.4, 0.5) is 5.82 Å². The minimum atomic E-state index is -0.238. The Kier molecular flexibility index (Phi) is 7.03. The predicted octanol–water partition coefficient (Wildman–Crippen LogP) is 3.10. The van der Waals surface area contributed by atoms with E-state index in [0.29, 0.717) is 54.0 Å². The summed E-state index contributed by atoms with van der Waals surface area (Å²) in [6, 6.07) is 7.28. The van der Waals surface area contributed by atoms with Crippen LogP contribution in [0.2, 0.25) is 5.02 Å². The van der Waals surface area contributed by atoms with Crippen LogP contribution < -0.4 is 4.90 Å². The van der Waals surface area contributed by atoms with Gasteiger partial charge in [0.25, 0.3) is 0 Å². The van der Waals surface area contributed by atoms with Crippen molar-refractivity contribution in [2.75, 3.05) is 37.7 Å². The summed E-state index contributed by atoms with van der Waals surface area (Å²) in [5.41, 5.74) is 2.12. The fourth-order valence-electron chi connectivity index (χ4n) is 3.85. The molecule has 1 amide bonds. The van der Waals surface area contributed by atoms with E-state index in [-0.39, 0.29) is 31.0 Å². The third-order valence-electron chi connectivity index (χ3n) is 5.48. The Morgan fingerprint density at radius 3 is 2.45 bits per heavy atom. The summed E-state index contributed by atoms with van der Waals surface area (Å²) in [5.74, 6) is 2.11. The van der Waals surface area contributed by atoms with Gasteiger partial charge in [-0.2, -0.15) is 0 Å². The molecule has 1 aliphatic heterocycles. The first kappa shape index (κ1) is 23.2. The van der Waals surface area contributed by atoms with E-state index in [1.54, 1.807) is 6.92 Å². The van der Waals surface area contributed by atoms with Gasteiger partial charge in [-0.25, -0.2) is 15.0 Å². The Balaban J connectivity index is 0.00000272. The molecule has 10 heteroatoms. The Hall–Kier alpha value is -2.42. The highest BCUT2D eigenvalue weighted by molar-refractivity contribution is 6.33. The maximum atomic E-state index is 11.7. The van der Waals surface area contributed by atoms with Gasteiger partial charge in [0.2, 0.25) is 5.91 Å². The number of aliphatic hydroxyl groups is 1. The highest BCUT2D eigenvalue weighted by atomic mass is 35.5. The Morgan fingerprint density at radius 2 is 1.84 bits per heavy atom. The molecule has 8 nitrogen and oxygen atoms in total. The molecule has 166 valence electrons. The fraction of sp³-hybridized carbons (Fsp3) is 0.429. The molecule has 31 heavy (non-hydrogen) atoms. The van der Waals surface area contributed by atoms with Crippen LogP contribution in [-0.4, -0.2) is 68.2 Å². The van der Waals surface area contributed by atoms with Crippen LogP contribution in [-0.2, 0) is 4.79 Å². The van der Waals surface area contributed by atoms with E-state index in [4.69, 9.17) is 21.6 Å². The molecule has 2 aromatic heterocycles. The number of halogens is 2. The number of anilines is 1. The molecule has 4 rings (SSSR count). The van der Waals surface area contributed by atoms with E-state index in [1.165, 1.54) is 0 Å². The van der Waals surface area contributed by atoms with E-state index >= 15 is 0 Å². The van der Waals surface area contributed by atoms with Gasteiger partial charge in [-0.1, -0.05) is 23.7 Å². The van der Waals surface area contributed by atoms with Gasteiger partial charge in [-0.05, 0) is 26.0 Å². The van der Waals surface area contributed by atoms with E-state index in [1.807, 2.05) is 47.6 Å². The molecular weight excluding hydrogens is 439 g/mol. The van der Waals surface area contributed by atoms with Crippen molar-refractivity contribution in [1.29, 1.82) is 0 Å². The Labute approximate surface area is 192 Å². The number of fused-ring (bicyclic) bond motifs is 1. The van der Waals surface area contributed by atoms with Crippen molar-refractivity contribution >= 4 is 46.9 Å². The minimum absolute atomic E-state index is 0. The highest BCUT2D eigenvalue weighted by Gasteiger charge is 2.27. The lowest BCUT2D eigenvalue weighted by Crippen LogP contribution is -2.48. The molecule has 3 aromatic rings. The van der Waals surface area contributed by atoms with Gasteiger partial charge in [-0.3, -0.25) is 4.79 Å². The van der Waals surface area contributed by atoms with Gasteiger partial charge in [0.15, 0.2) is 17.0 Å². The number of hydrogen-bond donors (Lipinski definition) is 1. The smallest absolute Gasteiger partial charge is 0.219 e. The number of carbonyl (C=O) groups excluding carboxylic acids is 1. The lowest BCUT2D eigenvalue weighted by Gasteiger charge is -2.35. The number of amides is 1. The fourth-order valence-corrected chi connectivity index (χ4v) is 4.07. The van der Waals surface area contributed by atoms with Crippen molar-refractivity contribution in [2.24, 2.45) is 0 Å². The molecule has 0 radical (unpaired) electrons. The van der Waals surface area contributed by atoms with Crippen LogP contribution in [0.25, 0.3) is 22.6 Å². The predicted molar refractivity (Wildman–Crippen MR) is 124 cm³/mol. The summed E-state index contributed by atoms with van der Waals surface area (Å²) < 4.78 is 1.93. The summed E-state index contributed by atoms with van der Waals surface area (Å²) in [6.45, 7) is 7.95. The Bertz CT molecular complexity index is 1090. The number of aromatic nitrogens is 4. The van der Waals surface area contributed by atoms with Crippen LogP contribution in [0, 0.1) is 6.92 Å². The van der Waals surface area contributed by atoms with Crippen LogP contribution >= 0.6 is 24.0 Å². The van der Waals surface area contributed by atoms with Gasteiger partial charge in [-0.15, -0.1) is 12.4 Å². The summed E-state index contributed by atoms with van der Waals surface area (Å²) in [7, 11) is 0. The van der Waals surface area contributed by atoms with E-state index in [2.05, 4.69) is 9.88 Å². The lowest BCUT2D eigenvalue weighted by atomic mass is 10.2. The molecule has 0 spiro atoms. The highest BCUT2D eigenvalue weighted by Crippen LogP contribution is 2.34. The molecule has 3 heterocycles. The zero-order valence-corrected chi connectivity index (χ0v) is 19.3. The van der Waals surface area contributed by atoms with Gasteiger partial charge < -0.3 is 19.5 Å². The summed E-state index contributed by atoms with van der Waals surface area (Å²) in [4.78, 5) is 29.9. The molecule has 0 bridgehead atoms. The molecule has 1 atom stereocenters. The van der Waals surface area contributed by atoms with Gasteiger partial charge in [0.05, 0.1) is 17.7 Å². The average molecular weight is 465 g/mol. The van der Waals surface area contributed by atoms with Crippen molar-refractivity contribution in [2.45, 2.75) is 26.8 Å². The number of carbonyl (C=O) groups is 1. The summed E-state index contributed by atoms with van der Waals surface area (Å²) >= 11 is 6.47. The van der Waals surface area contributed by atoms with Crippen LogP contribution in [0.15, 0.2) is 24.3 Å². The van der Waals surface area contributed by atoms with E-state index in [0.717, 1.165) is 11.4 Å². The SMILES string of the molecule is CC(=O)N1CCN(c2nc(C)nc3c2nc(-c2ccccc2Cl)n3C(C)CO)CC1.Cl. The van der Waals surface area contributed by atoms with Crippen molar-refractivity contribution < 1.29 is 9.90 Å². The van der Waals surface area contributed by atoms with Crippen molar-refractivity contribution in [3.05, 3.63) is 35.1 Å².